The molecule has 4 aromatic carbocycles. The summed E-state index contributed by atoms with van der Waals surface area (Å²) in [5, 5.41) is 16.6. The maximum atomic E-state index is 13.6. The molecule has 0 saturated heterocycles. The SMILES string of the molecule is O=C(O)c1ccc(-n2cc(CNc3ccc(Oc4ccccc4)cc3)c(-c3cc(C(F)(F)F)cc(C(F)(F)F)c3)n2)cc1. The smallest absolute Gasteiger partial charge is 0.416 e. The van der Waals surface area contributed by atoms with Gasteiger partial charge in [-0.05, 0) is 78.9 Å². The first kappa shape index (κ1) is 29.2. The van der Waals surface area contributed by atoms with Gasteiger partial charge in [0, 0.05) is 29.6 Å². The number of hydrogen-bond acceptors (Lipinski definition) is 4. The zero-order valence-electron chi connectivity index (χ0n) is 21.9. The van der Waals surface area contributed by atoms with Gasteiger partial charge in [-0.3, -0.25) is 0 Å². The van der Waals surface area contributed by atoms with Crippen LogP contribution in [0.1, 0.15) is 27.0 Å². The summed E-state index contributed by atoms with van der Waals surface area (Å²) >= 11 is 0. The number of benzene rings is 4. The van der Waals surface area contributed by atoms with Crippen molar-refractivity contribution in [3.05, 3.63) is 126 Å². The second kappa shape index (κ2) is 11.6. The highest BCUT2D eigenvalue weighted by Gasteiger charge is 2.37. The fourth-order valence-corrected chi connectivity index (χ4v) is 4.23. The van der Waals surface area contributed by atoms with E-state index in [-0.39, 0.29) is 29.4 Å². The molecule has 0 aliphatic carbocycles. The number of nitrogens with zero attached hydrogens (tertiary/aromatic N) is 2. The highest BCUT2D eigenvalue weighted by molar-refractivity contribution is 5.87. The minimum atomic E-state index is -5.03. The molecule has 0 fully saturated rings. The molecule has 0 aliphatic rings. The maximum Gasteiger partial charge on any atom is 0.416 e. The molecule has 5 rings (SSSR count). The molecule has 5 aromatic rings. The summed E-state index contributed by atoms with van der Waals surface area (Å²) in [6.45, 7) is -0.0149. The number of ether oxygens (including phenoxy) is 1. The van der Waals surface area contributed by atoms with E-state index >= 15 is 0 Å². The van der Waals surface area contributed by atoms with Crippen molar-refractivity contribution in [1.82, 2.24) is 9.78 Å². The predicted octanol–water partition coefficient (Wildman–Crippen LogP) is 8.68. The molecular weight excluding hydrogens is 576 g/mol. The van der Waals surface area contributed by atoms with Crippen LogP contribution in [-0.2, 0) is 18.9 Å². The Labute approximate surface area is 240 Å². The standard InChI is InChI=1S/C31H21F6N3O3/c32-30(33,34)22-14-20(15-23(16-22)31(35,36)37)28-21(18-40(39-28)25-10-6-19(7-11-25)29(41)42)17-38-24-8-12-27(13-9-24)43-26-4-2-1-3-5-26/h1-16,18,38H,17H2,(H,41,42). The van der Waals surface area contributed by atoms with Crippen molar-refractivity contribution < 1.29 is 41.0 Å². The number of nitrogens with one attached hydrogen (secondary N) is 1. The van der Waals surface area contributed by atoms with Gasteiger partial charge in [0.25, 0.3) is 0 Å². The normalized spacial score (nSPS) is 11.8. The lowest BCUT2D eigenvalue weighted by Crippen LogP contribution is -2.11. The van der Waals surface area contributed by atoms with Gasteiger partial charge >= 0.3 is 18.3 Å². The lowest BCUT2D eigenvalue weighted by molar-refractivity contribution is -0.143. The highest BCUT2D eigenvalue weighted by atomic mass is 19.4. The number of alkyl halides is 6. The van der Waals surface area contributed by atoms with E-state index in [1.807, 2.05) is 18.2 Å². The monoisotopic (exact) mass is 597 g/mol. The lowest BCUT2D eigenvalue weighted by atomic mass is 10.0. The van der Waals surface area contributed by atoms with Gasteiger partial charge in [-0.2, -0.15) is 31.4 Å². The number of carbonyl (C=O) groups is 1. The Morgan fingerprint density at radius 1 is 0.791 bits per heavy atom. The first-order chi connectivity index (χ1) is 20.4. The van der Waals surface area contributed by atoms with E-state index in [0.29, 0.717) is 40.6 Å². The van der Waals surface area contributed by atoms with Gasteiger partial charge < -0.3 is 15.2 Å². The third-order valence-electron chi connectivity index (χ3n) is 6.35. The lowest BCUT2D eigenvalue weighted by Gasteiger charge is -2.14. The van der Waals surface area contributed by atoms with Gasteiger partial charge in [-0.15, -0.1) is 0 Å². The van der Waals surface area contributed by atoms with Gasteiger partial charge in [0.15, 0.2) is 0 Å². The second-order valence-corrected chi connectivity index (χ2v) is 9.39. The van der Waals surface area contributed by atoms with Crippen molar-refractivity contribution in [1.29, 1.82) is 0 Å². The summed E-state index contributed by atoms with van der Waals surface area (Å²) in [6, 6.07) is 22.7. The van der Waals surface area contributed by atoms with Crippen LogP contribution < -0.4 is 10.1 Å². The molecule has 0 spiro atoms. The zero-order chi connectivity index (χ0) is 30.8. The van der Waals surface area contributed by atoms with Crippen molar-refractivity contribution in [2.45, 2.75) is 18.9 Å². The van der Waals surface area contributed by atoms with E-state index in [2.05, 4.69) is 10.4 Å². The molecule has 220 valence electrons. The molecule has 6 nitrogen and oxygen atoms in total. The number of carboxylic acids is 1. The first-order valence-electron chi connectivity index (χ1n) is 12.7. The molecule has 0 saturated carbocycles. The molecule has 43 heavy (non-hydrogen) atoms. The minimum Gasteiger partial charge on any atom is -0.478 e. The highest BCUT2D eigenvalue weighted by Crippen LogP contribution is 2.39. The number of anilines is 1. The summed E-state index contributed by atoms with van der Waals surface area (Å²) in [4.78, 5) is 11.2. The van der Waals surface area contributed by atoms with Gasteiger partial charge in [-0.1, -0.05) is 18.2 Å². The average Bonchev–Trinajstić information content (AvgIpc) is 3.41. The number of rotatable bonds is 8. The van der Waals surface area contributed by atoms with Crippen LogP contribution in [0.3, 0.4) is 0 Å². The topological polar surface area (TPSA) is 76.4 Å². The molecule has 1 aromatic heterocycles. The number of hydrogen-bond donors (Lipinski definition) is 2. The third-order valence-corrected chi connectivity index (χ3v) is 6.35. The fourth-order valence-electron chi connectivity index (χ4n) is 4.23. The van der Waals surface area contributed by atoms with Crippen LogP contribution in [0.15, 0.2) is 103 Å². The van der Waals surface area contributed by atoms with Crippen molar-refractivity contribution >= 4 is 11.7 Å². The van der Waals surface area contributed by atoms with Crippen molar-refractivity contribution in [2.24, 2.45) is 0 Å². The molecule has 12 heteroatoms. The van der Waals surface area contributed by atoms with Crippen molar-refractivity contribution in [2.75, 3.05) is 5.32 Å². The second-order valence-electron chi connectivity index (χ2n) is 9.39. The van der Waals surface area contributed by atoms with Crippen molar-refractivity contribution in [3.8, 4) is 28.4 Å². The Balaban J connectivity index is 1.50. The minimum absolute atomic E-state index is 0.00888. The quantitative estimate of drug-likeness (QED) is 0.175. The van der Waals surface area contributed by atoms with Crippen LogP contribution in [0, 0.1) is 0 Å². The summed E-state index contributed by atoms with van der Waals surface area (Å²) < 4.78 is 88.6. The molecule has 0 unspecified atom stereocenters. The van der Waals surface area contributed by atoms with Crippen LogP contribution in [0.2, 0.25) is 0 Å². The summed E-state index contributed by atoms with van der Waals surface area (Å²) in [7, 11) is 0. The average molecular weight is 598 g/mol. The Bertz CT molecular complexity index is 1700. The van der Waals surface area contributed by atoms with Gasteiger partial charge in [0.05, 0.1) is 28.1 Å². The van der Waals surface area contributed by atoms with Crippen LogP contribution in [0.4, 0.5) is 32.0 Å². The van der Waals surface area contributed by atoms with Crippen LogP contribution in [0.25, 0.3) is 16.9 Å². The largest absolute Gasteiger partial charge is 0.478 e. The van der Waals surface area contributed by atoms with E-state index in [4.69, 9.17) is 4.74 Å². The van der Waals surface area contributed by atoms with Crippen LogP contribution in [0.5, 0.6) is 11.5 Å². The predicted molar refractivity (Wildman–Crippen MR) is 146 cm³/mol. The van der Waals surface area contributed by atoms with E-state index < -0.39 is 29.4 Å². The zero-order valence-corrected chi connectivity index (χ0v) is 21.9. The van der Waals surface area contributed by atoms with E-state index in [1.165, 1.54) is 35.1 Å². The number of para-hydroxylation sites is 1. The van der Waals surface area contributed by atoms with E-state index in [0.717, 1.165) is 0 Å². The number of aromatic nitrogens is 2. The molecule has 0 radical (unpaired) electrons. The molecule has 1 heterocycles. The maximum absolute atomic E-state index is 13.6. The van der Waals surface area contributed by atoms with Gasteiger partial charge in [0.2, 0.25) is 0 Å². The third kappa shape index (κ3) is 6.97. The molecular formula is C31H21F6N3O3. The summed E-state index contributed by atoms with van der Waals surface area (Å²) in [5.74, 6) is 0.0242. The Hall–Kier alpha value is -5.26. The Kier molecular flexibility index (Phi) is 7.85. The first-order valence-corrected chi connectivity index (χ1v) is 12.7. The molecule has 0 atom stereocenters. The molecule has 0 bridgehead atoms. The fraction of sp³-hybridized carbons (Fsp3) is 0.0968. The summed E-state index contributed by atoms with van der Waals surface area (Å²) in [5.41, 5.74) is -2.20. The number of aromatic carboxylic acids is 1. The Morgan fingerprint density at radius 3 is 1.93 bits per heavy atom. The Morgan fingerprint density at radius 2 is 1.37 bits per heavy atom. The van der Waals surface area contributed by atoms with Crippen molar-refractivity contribution in [3.63, 3.8) is 0 Å². The molecule has 0 amide bonds. The van der Waals surface area contributed by atoms with Crippen LogP contribution >= 0.6 is 0 Å². The van der Waals surface area contributed by atoms with E-state index in [9.17, 15) is 36.2 Å². The number of halogens is 6. The van der Waals surface area contributed by atoms with Crippen LogP contribution in [-0.4, -0.2) is 20.9 Å². The number of carboxylic acid groups (broad SMARTS) is 1. The molecule has 0 aliphatic heterocycles. The molecule has 2 N–H and O–H groups in total. The summed E-state index contributed by atoms with van der Waals surface area (Å²) in [6.07, 6.45) is -8.61. The van der Waals surface area contributed by atoms with Gasteiger partial charge in [-0.25, -0.2) is 9.48 Å². The van der Waals surface area contributed by atoms with Gasteiger partial charge in [0.1, 0.15) is 11.5 Å². The van der Waals surface area contributed by atoms with E-state index in [1.54, 1.807) is 36.4 Å².